The third kappa shape index (κ3) is 8.04. The molecule has 3 aromatic carbocycles. The highest BCUT2D eigenvalue weighted by Gasteiger charge is 2.37. The number of anilines is 1. The lowest BCUT2D eigenvalue weighted by atomic mass is 10.1. The molecule has 226 valence electrons. The maximum atomic E-state index is 13.9. The van der Waals surface area contributed by atoms with Crippen molar-refractivity contribution in [3.63, 3.8) is 0 Å². The van der Waals surface area contributed by atoms with Gasteiger partial charge in [-0.05, 0) is 63.1 Å². The van der Waals surface area contributed by atoms with E-state index in [0.717, 1.165) is 23.3 Å². The SMILES string of the molecule is CCCNC(=O)[C@@H](C)N(Cc1cccc(C)c1)C(=O)CN(c1ccc(Cl)c(C(F)(F)F)c1)S(=O)(=O)c1ccc(C)cc1. The smallest absolute Gasteiger partial charge is 0.354 e. The molecule has 0 heterocycles. The Hall–Kier alpha value is -3.57. The average molecular weight is 624 g/mol. The van der Waals surface area contributed by atoms with Crippen LogP contribution in [0.5, 0.6) is 0 Å². The van der Waals surface area contributed by atoms with Crippen LogP contribution in [-0.4, -0.2) is 44.3 Å². The van der Waals surface area contributed by atoms with E-state index in [-0.39, 0.29) is 11.4 Å². The molecule has 0 fully saturated rings. The summed E-state index contributed by atoms with van der Waals surface area (Å²) in [6, 6.07) is 14.6. The lowest BCUT2D eigenvalue weighted by Gasteiger charge is -2.32. The minimum atomic E-state index is -4.88. The summed E-state index contributed by atoms with van der Waals surface area (Å²) in [5, 5.41) is 2.12. The number of benzene rings is 3. The van der Waals surface area contributed by atoms with E-state index < -0.39 is 56.9 Å². The molecule has 0 saturated carbocycles. The zero-order valence-electron chi connectivity index (χ0n) is 23.7. The van der Waals surface area contributed by atoms with Gasteiger partial charge in [-0.25, -0.2) is 8.42 Å². The zero-order valence-corrected chi connectivity index (χ0v) is 25.3. The lowest BCUT2D eigenvalue weighted by molar-refractivity contribution is -0.139. The number of amides is 2. The number of carbonyl (C=O) groups is 2. The number of halogens is 4. The van der Waals surface area contributed by atoms with Gasteiger partial charge in [0.25, 0.3) is 10.0 Å². The number of alkyl halides is 3. The molecule has 0 unspecified atom stereocenters. The first-order valence-electron chi connectivity index (χ1n) is 13.2. The molecule has 1 atom stereocenters. The molecule has 1 N–H and O–H groups in total. The van der Waals surface area contributed by atoms with Gasteiger partial charge in [-0.2, -0.15) is 13.2 Å². The van der Waals surface area contributed by atoms with Gasteiger partial charge in [-0.3, -0.25) is 13.9 Å². The third-order valence-corrected chi connectivity index (χ3v) is 8.70. The molecule has 0 bridgehead atoms. The number of hydrogen-bond acceptors (Lipinski definition) is 4. The van der Waals surface area contributed by atoms with Crippen LogP contribution in [0.25, 0.3) is 0 Å². The van der Waals surface area contributed by atoms with E-state index >= 15 is 0 Å². The minimum Gasteiger partial charge on any atom is -0.354 e. The van der Waals surface area contributed by atoms with E-state index in [4.69, 9.17) is 11.6 Å². The quantitative estimate of drug-likeness (QED) is 0.279. The van der Waals surface area contributed by atoms with E-state index in [9.17, 15) is 31.2 Å². The van der Waals surface area contributed by atoms with Crippen LogP contribution in [0.4, 0.5) is 18.9 Å². The Bertz CT molecular complexity index is 1530. The Morgan fingerprint density at radius 2 is 1.64 bits per heavy atom. The van der Waals surface area contributed by atoms with Gasteiger partial charge in [0.2, 0.25) is 11.8 Å². The molecule has 0 aliphatic rings. The summed E-state index contributed by atoms with van der Waals surface area (Å²) >= 11 is 5.80. The van der Waals surface area contributed by atoms with Crippen molar-refractivity contribution in [2.45, 2.75) is 57.8 Å². The predicted molar refractivity (Wildman–Crippen MR) is 157 cm³/mol. The average Bonchev–Trinajstić information content (AvgIpc) is 2.92. The maximum Gasteiger partial charge on any atom is 0.417 e. The minimum absolute atomic E-state index is 0.0337. The van der Waals surface area contributed by atoms with Gasteiger partial charge in [0.05, 0.1) is 21.2 Å². The summed E-state index contributed by atoms with van der Waals surface area (Å²) in [5.74, 6) is -1.23. The van der Waals surface area contributed by atoms with Gasteiger partial charge in [0.15, 0.2) is 0 Å². The summed E-state index contributed by atoms with van der Waals surface area (Å²) in [6.45, 7) is 6.47. The van der Waals surface area contributed by atoms with Crippen molar-refractivity contribution >= 4 is 39.1 Å². The standard InChI is InChI=1S/C30H33ClF3N3O4S/c1-5-15-35-29(39)22(4)36(18-23-8-6-7-21(3)16-23)28(38)19-37(42(40,41)25-12-9-20(2)10-13-25)24-11-14-27(31)26(17-24)30(32,33)34/h6-14,16-17,22H,5,15,18-19H2,1-4H3,(H,35,39)/t22-/m1/s1. The molecular weight excluding hydrogens is 591 g/mol. The molecule has 0 aliphatic heterocycles. The van der Waals surface area contributed by atoms with E-state index in [1.165, 1.54) is 24.0 Å². The molecule has 0 spiro atoms. The second-order valence-corrected chi connectivity index (χ2v) is 12.2. The number of sulfonamides is 1. The summed E-state index contributed by atoms with van der Waals surface area (Å²) in [5.41, 5.74) is 0.713. The topological polar surface area (TPSA) is 86.8 Å². The Morgan fingerprint density at radius 1 is 0.976 bits per heavy atom. The number of aryl methyl sites for hydroxylation is 2. The van der Waals surface area contributed by atoms with Gasteiger partial charge < -0.3 is 10.2 Å². The Kier molecular flexibility index (Phi) is 10.7. The Morgan fingerprint density at radius 3 is 2.24 bits per heavy atom. The zero-order chi connectivity index (χ0) is 31.2. The van der Waals surface area contributed by atoms with Crippen molar-refractivity contribution in [2.24, 2.45) is 0 Å². The van der Waals surface area contributed by atoms with Crippen molar-refractivity contribution in [1.29, 1.82) is 0 Å². The molecule has 0 aromatic heterocycles. The third-order valence-electron chi connectivity index (χ3n) is 6.58. The van der Waals surface area contributed by atoms with Crippen LogP contribution in [0.3, 0.4) is 0 Å². The van der Waals surface area contributed by atoms with Gasteiger partial charge >= 0.3 is 6.18 Å². The number of hydrogen-bond donors (Lipinski definition) is 1. The van der Waals surface area contributed by atoms with Crippen molar-refractivity contribution in [2.75, 3.05) is 17.4 Å². The van der Waals surface area contributed by atoms with Crippen LogP contribution in [0, 0.1) is 13.8 Å². The summed E-state index contributed by atoms with van der Waals surface area (Å²) in [6.07, 6.45) is -4.22. The maximum absolute atomic E-state index is 13.9. The molecule has 0 radical (unpaired) electrons. The second kappa shape index (κ2) is 13.6. The fourth-order valence-corrected chi connectivity index (χ4v) is 5.87. The normalized spacial score (nSPS) is 12.5. The Balaban J connectivity index is 2.11. The fraction of sp³-hybridized carbons (Fsp3) is 0.333. The lowest BCUT2D eigenvalue weighted by Crippen LogP contribution is -2.51. The van der Waals surface area contributed by atoms with Crippen LogP contribution in [0.15, 0.2) is 71.6 Å². The van der Waals surface area contributed by atoms with Gasteiger partial charge in [0, 0.05) is 13.1 Å². The molecule has 42 heavy (non-hydrogen) atoms. The molecule has 3 rings (SSSR count). The fourth-order valence-electron chi connectivity index (χ4n) is 4.24. The number of carbonyl (C=O) groups excluding carboxylic acids is 2. The van der Waals surface area contributed by atoms with Crippen LogP contribution < -0.4 is 9.62 Å². The molecule has 2 amide bonds. The monoisotopic (exact) mass is 623 g/mol. The van der Waals surface area contributed by atoms with E-state index in [2.05, 4.69) is 5.32 Å². The Labute approximate surface area is 249 Å². The van der Waals surface area contributed by atoms with Gasteiger partial charge in [-0.1, -0.05) is 66.0 Å². The number of rotatable bonds is 11. The predicted octanol–water partition coefficient (Wildman–Crippen LogP) is 6.11. The highest BCUT2D eigenvalue weighted by molar-refractivity contribution is 7.92. The summed E-state index contributed by atoms with van der Waals surface area (Å²) < 4.78 is 69.6. The summed E-state index contributed by atoms with van der Waals surface area (Å²) in [4.78, 5) is 27.8. The van der Waals surface area contributed by atoms with Crippen molar-refractivity contribution in [1.82, 2.24) is 10.2 Å². The first-order chi connectivity index (χ1) is 19.6. The molecule has 7 nitrogen and oxygen atoms in total. The van der Waals surface area contributed by atoms with Gasteiger partial charge in [0.1, 0.15) is 12.6 Å². The highest BCUT2D eigenvalue weighted by atomic mass is 35.5. The van der Waals surface area contributed by atoms with E-state index in [1.54, 1.807) is 31.2 Å². The van der Waals surface area contributed by atoms with E-state index in [0.29, 0.717) is 28.9 Å². The molecule has 3 aromatic rings. The molecule has 0 saturated heterocycles. The van der Waals surface area contributed by atoms with Gasteiger partial charge in [-0.15, -0.1) is 0 Å². The van der Waals surface area contributed by atoms with E-state index in [1.807, 2.05) is 26.0 Å². The molecular formula is C30H33ClF3N3O4S. The van der Waals surface area contributed by atoms with Crippen LogP contribution in [0.2, 0.25) is 5.02 Å². The van der Waals surface area contributed by atoms with Crippen molar-refractivity contribution in [3.8, 4) is 0 Å². The van der Waals surface area contributed by atoms with Crippen molar-refractivity contribution < 1.29 is 31.2 Å². The van der Waals surface area contributed by atoms with Crippen LogP contribution >= 0.6 is 11.6 Å². The highest BCUT2D eigenvalue weighted by Crippen LogP contribution is 2.38. The number of nitrogens with zero attached hydrogens (tertiary/aromatic N) is 2. The first-order valence-corrected chi connectivity index (χ1v) is 15.1. The second-order valence-electron chi connectivity index (χ2n) is 9.96. The first kappa shape index (κ1) is 32.9. The number of nitrogens with one attached hydrogen (secondary N) is 1. The largest absolute Gasteiger partial charge is 0.417 e. The van der Waals surface area contributed by atoms with Crippen LogP contribution in [-0.2, 0) is 32.3 Å². The summed E-state index contributed by atoms with van der Waals surface area (Å²) in [7, 11) is -4.54. The van der Waals surface area contributed by atoms with Crippen LogP contribution in [0.1, 0.15) is 42.5 Å². The molecule has 0 aliphatic carbocycles. The van der Waals surface area contributed by atoms with Crippen molar-refractivity contribution in [3.05, 3.63) is 94.0 Å². The molecule has 12 heteroatoms.